The zero-order valence-electron chi connectivity index (χ0n) is 14.5. The predicted molar refractivity (Wildman–Crippen MR) is 94.5 cm³/mol. The Kier molecular flexibility index (Phi) is 4.16. The topological polar surface area (TPSA) is 49.3 Å². The molecule has 2 atom stereocenters. The number of rotatable bonds is 6. The summed E-state index contributed by atoms with van der Waals surface area (Å²) >= 11 is 0. The van der Waals surface area contributed by atoms with Gasteiger partial charge in [-0.15, -0.1) is 0 Å². The van der Waals surface area contributed by atoms with Gasteiger partial charge in [0.05, 0.1) is 5.60 Å². The van der Waals surface area contributed by atoms with Crippen LogP contribution >= 0.6 is 0 Å². The molecule has 3 heteroatoms. The normalized spacial score (nSPS) is 36.7. The van der Waals surface area contributed by atoms with Gasteiger partial charge in [0.2, 0.25) is 5.91 Å². The van der Waals surface area contributed by atoms with Gasteiger partial charge in [-0.25, -0.2) is 0 Å². The molecule has 4 fully saturated rings. The van der Waals surface area contributed by atoms with E-state index < -0.39 is 5.60 Å². The van der Waals surface area contributed by atoms with Crippen molar-refractivity contribution in [3.8, 4) is 0 Å². The van der Waals surface area contributed by atoms with E-state index in [1.54, 1.807) is 0 Å². The quantitative estimate of drug-likeness (QED) is 0.841. The predicted octanol–water partition coefficient (Wildman–Crippen LogP) is 3.46. The number of carbonyl (C=O) groups excluding carboxylic acids is 1. The van der Waals surface area contributed by atoms with Crippen molar-refractivity contribution in [2.24, 2.45) is 17.3 Å². The van der Waals surface area contributed by atoms with Crippen molar-refractivity contribution in [2.75, 3.05) is 6.54 Å². The second kappa shape index (κ2) is 6.18. The molecule has 130 valence electrons. The Balaban J connectivity index is 1.25. The number of aliphatic hydroxyl groups is 1. The van der Waals surface area contributed by atoms with Gasteiger partial charge in [0.25, 0.3) is 0 Å². The minimum Gasteiger partial charge on any atom is -0.390 e. The maximum Gasteiger partial charge on any atom is 0.220 e. The van der Waals surface area contributed by atoms with E-state index >= 15 is 0 Å². The van der Waals surface area contributed by atoms with Gasteiger partial charge in [0, 0.05) is 13.0 Å². The van der Waals surface area contributed by atoms with E-state index in [0.717, 1.165) is 32.1 Å². The van der Waals surface area contributed by atoms with Crippen molar-refractivity contribution in [3.63, 3.8) is 0 Å². The van der Waals surface area contributed by atoms with E-state index in [1.165, 1.54) is 24.8 Å². The molecule has 0 aliphatic heterocycles. The molecule has 5 rings (SSSR count). The summed E-state index contributed by atoms with van der Waals surface area (Å²) in [6.45, 7) is 0.713. The maximum absolute atomic E-state index is 12.2. The summed E-state index contributed by atoms with van der Waals surface area (Å²) in [5.74, 6) is 1.59. The third-order valence-electron chi connectivity index (χ3n) is 6.61. The second-order valence-electron chi connectivity index (χ2n) is 8.77. The van der Waals surface area contributed by atoms with Crippen LogP contribution in [-0.2, 0) is 11.2 Å². The monoisotopic (exact) mass is 327 g/mol. The average Bonchev–Trinajstić information content (AvgIpc) is 2.52. The summed E-state index contributed by atoms with van der Waals surface area (Å²) in [5.41, 5.74) is 1.10. The Morgan fingerprint density at radius 2 is 1.83 bits per heavy atom. The van der Waals surface area contributed by atoms with Crippen molar-refractivity contribution >= 4 is 5.91 Å². The number of benzene rings is 1. The van der Waals surface area contributed by atoms with E-state index in [9.17, 15) is 9.90 Å². The van der Waals surface area contributed by atoms with E-state index in [-0.39, 0.29) is 11.3 Å². The minimum absolute atomic E-state index is 0.175. The molecule has 4 aliphatic rings. The van der Waals surface area contributed by atoms with Gasteiger partial charge in [-0.2, -0.15) is 0 Å². The fourth-order valence-corrected chi connectivity index (χ4v) is 6.15. The van der Waals surface area contributed by atoms with E-state index in [2.05, 4.69) is 17.4 Å². The maximum atomic E-state index is 12.2. The second-order valence-corrected chi connectivity index (χ2v) is 8.77. The first-order valence-electron chi connectivity index (χ1n) is 9.57. The summed E-state index contributed by atoms with van der Waals surface area (Å²) in [7, 11) is 0. The molecule has 0 aromatic heterocycles. The Hall–Kier alpha value is -1.35. The van der Waals surface area contributed by atoms with Crippen LogP contribution in [-0.4, -0.2) is 23.2 Å². The lowest BCUT2D eigenvalue weighted by Crippen LogP contribution is -2.55. The molecule has 1 amide bonds. The number of hydrogen-bond donors (Lipinski definition) is 2. The van der Waals surface area contributed by atoms with Crippen molar-refractivity contribution in [1.82, 2.24) is 5.32 Å². The highest BCUT2D eigenvalue weighted by Gasteiger charge is 2.56. The van der Waals surface area contributed by atoms with Crippen LogP contribution in [0.1, 0.15) is 56.9 Å². The van der Waals surface area contributed by atoms with E-state index in [1.807, 2.05) is 18.2 Å². The molecule has 4 saturated carbocycles. The summed E-state index contributed by atoms with van der Waals surface area (Å²) < 4.78 is 0. The summed E-state index contributed by atoms with van der Waals surface area (Å²) in [4.78, 5) is 12.2. The summed E-state index contributed by atoms with van der Waals surface area (Å²) in [6.07, 6.45) is 9.21. The smallest absolute Gasteiger partial charge is 0.220 e. The highest BCUT2D eigenvalue weighted by atomic mass is 16.3. The Labute approximate surface area is 144 Å². The first kappa shape index (κ1) is 16.1. The summed E-state index contributed by atoms with van der Waals surface area (Å²) in [6, 6.07) is 10.3. The Morgan fingerprint density at radius 1 is 1.12 bits per heavy atom. The molecule has 0 radical (unpaired) electrons. The SMILES string of the molecule is O=C(CCC12CC3CC(CC(O)(C3)C1)C2)NCCc1ccccc1. The van der Waals surface area contributed by atoms with Gasteiger partial charge in [0.1, 0.15) is 0 Å². The Bertz CT molecular complexity index is 583. The zero-order valence-corrected chi connectivity index (χ0v) is 14.5. The minimum atomic E-state index is -0.409. The van der Waals surface area contributed by atoms with Crippen LogP contribution < -0.4 is 5.32 Å². The summed E-state index contributed by atoms with van der Waals surface area (Å²) in [5, 5.41) is 13.9. The number of hydrogen-bond acceptors (Lipinski definition) is 2. The number of carbonyl (C=O) groups is 1. The molecule has 0 heterocycles. The third-order valence-corrected chi connectivity index (χ3v) is 6.61. The van der Waals surface area contributed by atoms with Crippen LogP contribution in [0.5, 0.6) is 0 Å². The standard InChI is InChI=1S/C21H29NO2/c23-19(22-9-7-16-4-2-1-3-5-16)6-8-20-11-17-10-18(12-20)14-21(24,13-17)15-20/h1-5,17-18,24H,6-15H2,(H,22,23). The first-order valence-corrected chi connectivity index (χ1v) is 9.57. The number of nitrogens with one attached hydrogen (secondary N) is 1. The van der Waals surface area contributed by atoms with E-state index in [0.29, 0.717) is 24.8 Å². The largest absolute Gasteiger partial charge is 0.390 e. The van der Waals surface area contributed by atoms with Gasteiger partial charge in [-0.05, 0) is 74.2 Å². The first-order chi connectivity index (χ1) is 11.5. The van der Waals surface area contributed by atoms with Crippen LogP contribution in [0.25, 0.3) is 0 Å². The van der Waals surface area contributed by atoms with Crippen molar-refractivity contribution in [1.29, 1.82) is 0 Å². The average molecular weight is 327 g/mol. The zero-order chi connectivity index (χ0) is 16.6. The van der Waals surface area contributed by atoms with Crippen LogP contribution in [0, 0.1) is 17.3 Å². The lowest BCUT2D eigenvalue weighted by molar-refractivity contribution is -0.167. The third kappa shape index (κ3) is 3.37. The molecular formula is C21H29NO2. The van der Waals surface area contributed by atoms with Gasteiger partial charge in [-0.3, -0.25) is 4.79 Å². The molecule has 0 spiro atoms. The molecule has 3 nitrogen and oxygen atoms in total. The van der Waals surface area contributed by atoms with Crippen LogP contribution in [0.4, 0.5) is 0 Å². The fraction of sp³-hybridized carbons (Fsp3) is 0.667. The highest BCUT2D eigenvalue weighted by Crippen LogP contribution is 2.63. The molecule has 0 saturated heterocycles. The molecule has 2 N–H and O–H groups in total. The molecule has 1 aromatic rings. The Morgan fingerprint density at radius 3 is 2.50 bits per heavy atom. The fourth-order valence-electron chi connectivity index (χ4n) is 6.15. The lowest BCUT2D eigenvalue weighted by Gasteiger charge is -2.60. The highest BCUT2D eigenvalue weighted by molar-refractivity contribution is 5.75. The van der Waals surface area contributed by atoms with Gasteiger partial charge in [0.15, 0.2) is 0 Å². The van der Waals surface area contributed by atoms with Crippen molar-refractivity contribution in [2.45, 2.75) is 63.4 Å². The molecule has 4 aliphatic carbocycles. The van der Waals surface area contributed by atoms with Crippen LogP contribution in [0.3, 0.4) is 0 Å². The van der Waals surface area contributed by atoms with Crippen LogP contribution in [0.15, 0.2) is 30.3 Å². The van der Waals surface area contributed by atoms with Gasteiger partial charge >= 0.3 is 0 Å². The van der Waals surface area contributed by atoms with Gasteiger partial charge < -0.3 is 10.4 Å². The molecule has 2 unspecified atom stereocenters. The molecule has 24 heavy (non-hydrogen) atoms. The van der Waals surface area contributed by atoms with Gasteiger partial charge in [-0.1, -0.05) is 30.3 Å². The molecule has 4 bridgehead atoms. The van der Waals surface area contributed by atoms with E-state index in [4.69, 9.17) is 0 Å². The number of amides is 1. The van der Waals surface area contributed by atoms with Crippen molar-refractivity contribution < 1.29 is 9.90 Å². The van der Waals surface area contributed by atoms with Crippen LogP contribution in [0.2, 0.25) is 0 Å². The van der Waals surface area contributed by atoms with Crippen molar-refractivity contribution in [3.05, 3.63) is 35.9 Å². The molecule has 1 aromatic carbocycles. The molecular weight excluding hydrogens is 298 g/mol. The lowest BCUT2D eigenvalue weighted by atomic mass is 9.47.